The molecule has 6 fully saturated rings. The molecule has 0 amide bonds. The van der Waals surface area contributed by atoms with Crippen LogP contribution in [0.25, 0.3) is 0 Å². The first-order valence-corrected chi connectivity index (χ1v) is 22.3. The average Bonchev–Trinajstić information content (AvgIpc) is 3.56. The smallest absolute Gasteiger partial charge is 0.393 e. The number of carbonyl (C=O) groups excluding carboxylic acids is 4. The lowest BCUT2D eigenvalue weighted by Gasteiger charge is -2.62. The maximum Gasteiger partial charge on any atom is 0.472 e. The topological polar surface area (TPSA) is 245 Å². The number of ketones is 4. The van der Waals surface area contributed by atoms with Gasteiger partial charge in [0.05, 0.1) is 24.4 Å². The second kappa shape index (κ2) is 13.5. The van der Waals surface area contributed by atoms with Crippen molar-refractivity contribution in [2.75, 3.05) is 13.2 Å². The maximum absolute atomic E-state index is 14.5. The Morgan fingerprint density at radius 1 is 0.702 bits per heavy atom. The third-order valence-electron chi connectivity index (χ3n) is 18.0. The van der Waals surface area contributed by atoms with Crippen molar-refractivity contribution < 1.29 is 68.3 Å². The lowest BCUT2D eigenvalue weighted by atomic mass is 9.45. The molecule has 0 aromatic heterocycles. The largest absolute Gasteiger partial charge is 0.472 e. The summed E-state index contributed by atoms with van der Waals surface area (Å²) < 4.78 is 26.7. The van der Waals surface area contributed by atoms with Gasteiger partial charge in [0.2, 0.25) is 0 Å². The van der Waals surface area contributed by atoms with Crippen molar-refractivity contribution >= 4 is 31.0 Å². The average molecular weight is 819 g/mol. The summed E-state index contributed by atoms with van der Waals surface area (Å²) in [6, 6.07) is 0. The summed E-state index contributed by atoms with van der Waals surface area (Å²) in [5, 5.41) is 66.9. The van der Waals surface area contributed by atoms with Gasteiger partial charge in [-0.15, -0.1) is 0 Å². The molecule has 316 valence electrons. The lowest BCUT2D eigenvalue weighted by Crippen LogP contribution is -2.64. The van der Waals surface area contributed by atoms with E-state index in [0.717, 1.165) is 0 Å². The second-order valence-electron chi connectivity index (χ2n) is 19.9. The standard InChI is InChI=1S/C42H59O14P/c1-37-17-29(47)35-25(27(37)9-11-41(37,51)31(49)19-43)7-5-21-13-23(45)15-33(39(21,35)3)55-57(53,54)56-34-16-24(46)14-22-6-8-26-28-10-12-42(52,32(50)20-44)38(28,2)18-30(48)36(26)40(22,34)4/h13-14,25-30,33-36,43-44,47-48,51-52H,5-12,15-20H2,1-4H3,(H,53,54)/t25-,26-,27-,28-,29-,30-,33?,34?,35+,36+,37-,38-,39+,40+,41-,42-/m0/s1. The molecule has 0 aromatic rings. The van der Waals surface area contributed by atoms with Crippen molar-refractivity contribution in [3.63, 3.8) is 0 Å². The van der Waals surface area contributed by atoms with Gasteiger partial charge in [0.15, 0.2) is 23.1 Å². The first-order valence-electron chi connectivity index (χ1n) is 20.8. The molecule has 0 bridgehead atoms. The summed E-state index contributed by atoms with van der Waals surface area (Å²) in [6.45, 7) is 5.59. The summed E-state index contributed by atoms with van der Waals surface area (Å²) in [6.07, 6.45) is 1.14. The highest BCUT2D eigenvalue weighted by Gasteiger charge is 2.72. The van der Waals surface area contributed by atoms with Gasteiger partial charge in [0, 0.05) is 34.5 Å². The van der Waals surface area contributed by atoms with Crippen molar-refractivity contribution in [3.05, 3.63) is 23.3 Å². The van der Waals surface area contributed by atoms with Gasteiger partial charge in [-0.1, -0.05) is 38.8 Å². The summed E-state index contributed by atoms with van der Waals surface area (Å²) in [5.74, 6) is -4.08. The molecule has 8 aliphatic rings. The van der Waals surface area contributed by atoms with Crippen LogP contribution in [0.4, 0.5) is 0 Å². The number of aliphatic hydroxyl groups is 6. The van der Waals surface area contributed by atoms with Gasteiger partial charge < -0.3 is 35.5 Å². The molecule has 57 heavy (non-hydrogen) atoms. The number of phosphoric acid groups is 1. The summed E-state index contributed by atoms with van der Waals surface area (Å²) >= 11 is 0. The Balaban J connectivity index is 1.09. The fraction of sp³-hybridized carbons (Fsp3) is 0.810. The monoisotopic (exact) mass is 818 g/mol. The first-order chi connectivity index (χ1) is 26.6. The van der Waals surface area contributed by atoms with E-state index in [1.54, 1.807) is 13.8 Å². The van der Waals surface area contributed by atoms with Gasteiger partial charge in [-0.05, 0) is 112 Å². The van der Waals surface area contributed by atoms with E-state index in [0.29, 0.717) is 49.7 Å². The van der Waals surface area contributed by atoms with E-state index >= 15 is 0 Å². The number of hydrogen-bond donors (Lipinski definition) is 7. The lowest BCUT2D eigenvalue weighted by molar-refractivity contribution is -0.193. The van der Waals surface area contributed by atoms with Crippen molar-refractivity contribution in [2.45, 2.75) is 140 Å². The molecule has 0 spiro atoms. The van der Waals surface area contributed by atoms with E-state index in [1.165, 1.54) is 12.2 Å². The van der Waals surface area contributed by atoms with Crippen LogP contribution < -0.4 is 0 Å². The predicted molar refractivity (Wildman–Crippen MR) is 201 cm³/mol. The molecular weight excluding hydrogens is 759 g/mol. The van der Waals surface area contributed by atoms with Crippen molar-refractivity contribution in [1.82, 2.24) is 0 Å². The van der Waals surface area contributed by atoms with Gasteiger partial charge >= 0.3 is 7.82 Å². The molecule has 16 atom stereocenters. The zero-order valence-corrected chi connectivity index (χ0v) is 34.2. The highest BCUT2D eigenvalue weighted by Crippen LogP contribution is 2.71. The van der Waals surface area contributed by atoms with Crippen LogP contribution >= 0.6 is 7.82 Å². The summed E-state index contributed by atoms with van der Waals surface area (Å²) in [7, 11) is -5.12. The minimum atomic E-state index is -5.12. The Bertz CT molecular complexity index is 1750. The van der Waals surface area contributed by atoms with Crippen LogP contribution in [-0.2, 0) is 32.8 Å². The van der Waals surface area contributed by atoms with E-state index < -0.39 is 102 Å². The Hall–Kier alpha value is -1.97. The Kier molecular flexibility index (Phi) is 9.90. The van der Waals surface area contributed by atoms with Gasteiger partial charge in [0.25, 0.3) is 0 Å². The van der Waals surface area contributed by atoms with Crippen molar-refractivity contribution in [1.29, 1.82) is 0 Å². The van der Waals surface area contributed by atoms with Crippen LogP contribution in [-0.4, -0.2) is 107 Å². The molecule has 15 heteroatoms. The number of aliphatic hydroxyl groups excluding tert-OH is 4. The van der Waals surface area contributed by atoms with E-state index in [2.05, 4.69) is 0 Å². The molecule has 0 aromatic carbocycles. The Morgan fingerprint density at radius 3 is 1.42 bits per heavy atom. The van der Waals surface area contributed by atoms with Crippen LogP contribution in [0.3, 0.4) is 0 Å². The molecule has 6 saturated carbocycles. The number of hydrogen-bond acceptors (Lipinski definition) is 13. The minimum absolute atomic E-state index is 0.0338. The van der Waals surface area contributed by atoms with Crippen LogP contribution in [0.5, 0.6) is 0 Å². The number of carbonyl (C=O) groups is 4. The molecule has 8 rings (SSSR count). The van der Waals surface area contributed by atoms with E-state index in [4.69, 9.17) is 9.05 Å². The number of fused-ring (bicyclic) bond motifs is 10. The van der Waals surface area contributed by atoms with E-state index in [9.17, 15) is 59.3 Å². The molecule has 0 aliphatic heterocycles. The number of rotatable bonds is 8. The van der Waals surface area contributed by atoms with Gasteiger partial charge in [-0.3, -0.25) is 28.2 Å². The zero-order chi connectivity index (χ0) is 41.5. The fourth-order valence-electron chi connectivity index (χ4n) is 15.2. The van der Waals surface area contributed by atoms with E-state index in [1.807, 2.05) is 13.8 Å². The molecular formula is C42H59O14P. The molecule has 0 saturated heterocycles. The van der Waals surface area contributed by atoms with Crippen LogP contribution in [0.1, 0.15) is 105 Å². The fourth-order valence-corrected chi connectivity index (χ4v) is 16.5. The molecule has 7 N–H and O–H groups in total. The third kappa shape index (κ3) is 5.57. The van der Waals surface area contributed by atoms with Crippen molar-refractivity contribution in [2.24, 2.45) is 57.2 Å². The summed E-state index contributed by atoms with van der Waals surface area (Å²) in [4.78, 5) is 64.1. The highest BCUT2D eigenvalue weighted by atomic mass is 31.2. The summed E-state index contributed by atoms with van der Waals surface area (Å²) in [5.41, 5.74) is -6.58. The van der Waals surface area contributed by atoms with Crippen LogP contribution in [0.15, 0.2) is 23.3 Å². The Morgan fingerprint density at radius 2 is 1.07 bits per heavy atom. The number of Topliss-reactive ketones (excluding diaryl/α,β-unsaturated/α-hetero) is 2. The van der Waals surface area contributed by atoms with Crippen LogP contribution in [0.2, 0.25) is 0 Å². The van der Waals surface area contributed by atoms with Crippen LogP contribution in [0, 0.1) is 57.2 Å². The predicted octanol–water partition coefficient (Wildman–Crippen LogP) is 2.67. The first kappa shape index (κ1) is 41.8. The highest BCUT2D eigenvalue weighted by molar-refractivity contribution is 7.47. The molecule has 2 unspecified atom stereocenters. The zero-order valence-electron chi connectivity index (χ0n) is 33.3. The number of phosphoric ester groups is 1. The van der Waals surface area contributed by atoms with Crippen molar-refractivity contribution in [3.8, 4) is 0 Å². The van der Waals surface area contributed by atoms with Gasteiger partial charge in [-0.2, -0.15) is 0 Å². The SMILES string of the molecule is C[C@]12C[C@H](O)[C@H]3[C@@H](CCC4=CC(=O)CC(OP(=O)(O)OC5CC(=O)C=C6CC[C@@H]7[C@H]([C@@H](O)C[C@@]8(C)[C@H]7CC[C@]8(O)C(=O)CO)[C@]65C)[C@@]43C)[C@@H]1CC[C@]2(O)C(=O)CO. The van der Waals surface area contributed by atoms with Gasteiger partial charge in [-0.25, -0.2) is 4.57 Å². The normalized spacial score (nSPS) is 51.2. The molecule has 0 heterocycles. The molecule has 0 radical (unpaired) electrons. The maximum atomic E-state index is 14.5. The Labute approximate surface area is 332 Å². The molecule has 8 aliphatic carbocycles. The third-order valence-corrected chi connectivity index (χ3v) is 19.0. The minimum Gasteiger partial charge on any atom is -0.393 e. The van der Waals surface area contributed by atoms with E-state index in [-0.39, 0.29) is 73.8 Å². The second-order valence-corrected chi connectivity index (χ2v) is 21.3. The quantitative estimate of drug-likeness (QED) is 0.174. The molecule has 14 nitrogen and oxygen atoms in total. The van der Waals surface area contributed by atoms with Gasteiger partial charge in [0.1, 0.15) is 24.4 Å².